The SMILES string of the molecule is C[C@H](O)[C@H]1OC(=O)[C@@H]1C. The Morgan fingerprint density at radius 2 is 2.33 bits per heavy atom. The van der Waals surface area contributed by atoms with Gasteiger partial charge in [0, 0.05) is 0 Å². The van der Waals surface area contributed by atoms with Gasteiger partial charge in [0.1, 0.15) is 6.10 Å². The molecule has 0 spiro atoms. The van der Waals surface area contributed by atoms with Gasteiger partial charge in [0.15, 0.2) is 0 Å². The van der Waals surface area contributed by atoms with Crippen molar-refractivity contribution in [2.24, 2.45) is 5.92 Å². The summed E-state index contributed by atoms with van der Waals surface area (Å²) in [6, 6.07) is 0. The highest BCUT2D eigenvalue weighted by atomic mass is 16.6. The second kappa shape index (κ2) is 1.99. The van der Waals surface area contributed by atoms with Gasteiger partial charge in [-0.2, -0.15) is 0 Å². The molecule has 9 heavy (non-hydrogen) atoms. The highest BCUT2D eigenvalue weighted by molar-refractivity contribution is 5.78. The number of cyclic esters (lactones) is 1. The maximum Gasteiger partial charge on any atom is 0.312 e. The third-order valence-corrected chi connectivity index (χ3v) is 1.59. The fourth-order valence-corrected chi connectivity index (χ4v) is 0.922. The number of ether oxygens (including phenoxy) is 1. The van der Waals surface area contributed by atoms with Crippen LogP contribution in [0.15, 0.2) is 0 Å². The van der Waals surface area contributed by atoms with Crippen LogP contribution in [-0.4, -0.2) is 23.3 Å². The molecule has 1 aliphatic rings. The summed E-state index contributed by atoms with van der Waals surface area (Å²) in [5.41, 5.74) is 0. The number of carbonyl (C=O) groups is 1. The van der Waals surface area contributed by atoms with Crippen molar-refractivity contribution in [1.29, 1.82) is 0 Å². The van der Waals surface area contributed by atoms with Gasteiger partial charge in [0.25, 0.3) is 0 Å². The van der Waals surface area contributed by atoms with Gasteiger partial charge >= 0.3 is 5.97 Å². The zero-order valence-electron chi connectivity index (χ0n) is 5.50. The van der Waals surface area contributed by atoms with Gasteiger partial charge in [0.2, 0.25) is 0 Å². The highest BCUT2D eigenvalue weighted by Crippen LogP contribution is 2.23. The van der Waals surface area contributed by atoms with E-state index >= 15 is 0 Å². The summed E-state index contributed by atoms with van der Waals surface area (Å²) in [5, 5.41) is 8.88. The van der Waals surface area contributed by atoms with Gasteiger partial charge in [-0.3, -0.25) is 4.79 Å². The molecule has 0 bridgehead atoms. The van der Waals surface area contributed by atoms with Crippen LogP contribution in [-0.2, 0) is 9.53 Å². The number of aliphatic hydroxyl groups is 1. The summed E-state index contributed by atoms with van der Waals surface area (Å²) in [5.74, 6) is -0.328. The van der Waals surface area contributed by atoms with Crippen LogP contribution in [0.4, 0.5) is 0 Å². The minimum absolute atomic E-state index is 0.120. The van der Waals surface area contributed by atoms with Crippen LogP contribution >= 0.6 is 0 Å². The molecule has 3 atom stereocenters. The molecule has 3 heteroatoms. The van der Waals surface area contributed by atoms with E-state index in [-0.39, 0.29) is 18.0 Å². The van der Waals surface area contributed by atoms with Crippen molar-refractivity contribution in [3.63, 3.8) is 0 Å². The molecule has 0 saturated carbocycles. The molecule has 0 aromatic heterocycles. The normalized spacial score (nSPS) is 37.0. The van der Waals surface area contributed by atoms with E-state index in [2.05, 4.69) is 4.74 Å². The molecule has 0 unspecified atom stereocenters. The predicted octanol–water partition coefficient (Wildman–Crippen LogP) is -0.0713. The van der Waals surface area contributed by atoms with Crippen molar-refractivity contribution >= 4 is 5.97 Å². The second-order valence-electron chi connectivity index (χ2n) is 2.43. The summed E-state index contributed by atoms with van der Waals surface area (Å²) in [7, 11) is 0. The molecule has 1 rings (SSSR count). The molecular formula is C6H10O3. The number of hydrogen-bond acceptors (Lipinski definition) is 3. The molecule has 0 amide bonds. The van der Waals surface area contributed by atoms with Crippen LogP contribution in [0.1, 0.15) is 13.8 Å². The smallest absolute Gasteiger partial charge is 0.312 e. The zero-order chi connectivity index (χ0) is 7.02. The number of carbonyl (C=O) groups excluding carboxylic acids is 1. The van der Waals surface area contributed by atoms with E-state index in [9.17, 15) is 4.79 Å². The van der Waals surface area contributed by atoms with E-state index in [4.69, 9.17) is 5.11 Å². The number of rotatable bonds is 1. The summed E-state index contributed by atoms with van der Waals surface area (Å²) < 4.78 is 4.62. The van der Waals surface area contributed by atoms with Gasteiger partial charge in [-0.25, -0.2) is 0 Å². The molecule has 1 aliphatic heterocycles. The lowest BCUT2D eigenvalue weighted by molar-refractivity contribution is -0.194. The molecule has 1 N–H and O–H groups in total. The molecule has 1 heterocycles. The molecule has 0 aromatic carbocycles. The fourth-order valence-electron chi connectivity index (χ4n) is 0.922. The Morgan fingerprint density at radius 3 is 2.44 bits per heavy atom. The molecule has 0 aromatic rings. The minimum Gasteiger partial charge on any atom is -0.458 e. The third kappa shape index (κ3) is 0.920. The van der Waals surface area contributed by atoms with E-state index < -0.39 is 6.10 Å². The number of hydrogen-bond donors (Lipinski definition) is 1. The van der Waals surface area contributed by atoms with Crippen molar-refractivity contribution in [2.75, 3.05) is 0 Å². The Labute approximate surface area is 53.6 Å². The Balaban J connectivity index is 2.42. The summed E-state index contributed by atoms with van der Waals surface area (Å²) in [6.07, 6.45) is -0.796. The summed E-state index contributed by atoms with van der Waals surface area (Å²) in [6.45, 7) is 3.37. The second-order valence-corrected chi connectivity index (χ2v) is 2.43. The first-order valence-corrected chi connectivity index (χ1v) is 3.01. The Bertz CT molecular complexity index is 130. The predicted molar refractivity (Wildman–Crippen MR) is 30.7 cm³/mol. The highest BCUT2D eigenvalue weighted by Gasteiger charge is 2.41. The molecular weight excluding hydrogens is 120 g/mol. The first-order valence-electron chi connectivity index (χ1n) is 3.01. The third-order valence-electron chi connectivity index (χ3n) is 1.59. The van der Waals surface area contributed by atoms with E-state index in [1.807, 2.05) is 0 Å². The van der Waals surface area contributed by atoms with Crippen molar-refractivity contribution in [3.05, 3.63) is 0 Å². The fraction of sp³-hybridized carbons (Fsp3) is 0.833. The van der Waals surface area contributed by atoms with E-state index in [1.54, 1.807) is 13.8 Å². The first kappa shape index (κ1) is 6.55. The van der Waals surface area contributed by atoms with Crippen LogP contribution in [0, 0.1) is 5.92 Å². The Morgan fingerprint density at radius 1 is 1.78 bits per heavy atom. The molecule has 1 saturated heterocycles. The lowest BCUT2D eigenvalue weighted by Crippen LogP contribution is -2.49. The topological polar surface area (TPSA) is 46.5 Å². The van der Waals surface area contributed by atoms with Crippen LogP contribution in [0.25, 0.3) is 0 Å². The van der Waals surface area contributed by atoms with E-state index in [0.717, 1.165) is 0 Å². The monoisotopic (exact) mass is 130 g/mol. The van der Waals surface area contributed by atoms with Gasteiger partial charge < -0.3 is 9.84 Å². The quantitative estimate of drug-likeness (QED) is 0.505. The maximum absolute atomic E-state index is 10.4. The van der Waals surface area contributed by atoms with Crippen molar-refractivity contribution in [1.82, 2.24) is 0 Å². The number of esters is 1. The number of aliphatic hydroxyl groups excluding tert-OH is 1. The first-order chi connectivity index (χ1) is 4.13. The average Bonchev–Trinajstić information content (AvgIpc) is 1.81. The molecule has 1 fully saturated rings. The van der Waals surface area contributed by atoms with Crippen LogP contribution in [0.2, 0.25) is 0 Å². The van der Waals surface area contributed by atoms with Crippen molar-refractivity contribution in [2.45, 2.75) is 26.1 Å². The van der Waals surface area contributed by atoms with Gasteiger partial charge in [0.05, 0.1) is 12.0 Å². The lowest BCUT2D eigenvalue weighted by Gasteiger charge is -2.34. The van der Waals surface area contributed by atoms with Crippen LogP contribution in [0.5, 0.6) is 0 Å². The van der Waals surface area contributed by atoms with Gasteiger partial charge in [-0.1, -0.05) is 0 Å². The Kier molecular flexibility index (Phi) is 1.45. The van der Waals surface area contributed by atoms with Crippen molar-refractivity contribution < 1.29 is 14.6 Å². The average molecular weight is 130 g/mol. The largest absolute Gasteiger partial charge is 0.458 e. The van der Waals surface area contributed by atoms with E-state index in [1.165, 1.54) is 0 Å². The van der Waals surface area contributed by atoms with Crippen LogP contribution < -0.4 is 0 Å². The van der Waals surface area contributed by atoms with Gasteiger partial charge in [-0.15, -0.1) is 0 Å². The molecule has 0 aliphatic carbocycles. The zero-order valence-corrected chi connectivity index (χ0v) is 5.50. The van der Waals surface area contributed by atoms with E-state index in [0.29, 0.717) is 0 Å². The standard InChI is InChI=1S/C6H10O3/c1-3-5(4(2)7)9-6(3)8/h3-5,7H,1-2H3/t3-,4+,5+/m1/s1. The summed E-state index contributed by atoms with van der Waals surface area (Å²) >= 11 is 0. The maximum atomic E-state index is 10.4. The molecule has 3 nitrogen and oxygen atoms in total. The Hall–Kier alpha value is -0.570. The lowest BCUT2D eigenvalue weighted by atomic mass is 9.95. The summed E-state index contributed by atoms with van der Waals surface area (Å²) in [4.78, 5) is 10.4. The molecule has 0 radical (unpaired) electrons. The van der Waals surface area contributed by atoms with Crippen molar-refractivity contribution in [3.8, 4) is 0 Å². The van der Waals surface area contributed by atoms with Gasteiger partial charge in [-0.05, 0) is 13.8 Å². The van der Waals surface area contributed by atoms with Crippen LogP contribution in [0.3, 0.4) is 0 Å². The molecule has 52 valence electrons. The minimum atomic E-state index is -0.530.